The second-order valence-electron chi connectivity index (χ2n) is 9.25. The van der Waals surface area contributed by atoms with Gasteiger partial charge in [0, 0.05) is 33.0 Å². The number of nitrogens with one attached hydrogen (secondary N) is 2. The Morgan fingerprint density at radius 3 is 2.46 bits per heavy atom. The molecular formula is C22H26F3N7O3. The Morgan fingerprint density at radius 1 is 1.20 bits per heavy atom. The van der Waals surface area contributed by atoms with Crippen molar-refractivity contribution >= 4 is 23.4 Å². The van der Waals surface area contributed by atoms with Crippen molar-refractivity contribution in [2.24, 2.45) is 0 Å². The third kappa shape index (κ3) is 4.21. The Labute approximate surface area is 199 Å². The Balaban J connectivity index is 1.23. The van der Waals surface area contributed by atoms with Crippen molar-refractivity contribution in [3.8, 4) is 5.75 Å². The minimum atomic E-state index is -4.59. The van der Waals surface area contributed by atoms with E-state index in [1.54, 1.807) is 7.11 Å². The fourth-order valence-electron chi connectivity index (χ4n) is 4.90. The number of hydrogen-bond acceptors (Lipinski definition) is 9. The van der Waals surface area contributed by atoms with Gasteiger partial charge in [-0.1, -0.05) is 0 Å². The highest BCUT2D eigenvalue weighted by molar-refractivity contribution is 6.04. The molecule has 1 aliphatic heterocycles. The molecule has 0 spiro atoms. The SMILES string of the molecule is COC1([C@H]2C(=O)Nc3c(C)nc(N[C@H]4C[C@H](Oc5cnc(C(F)(F)F)nc5)C4)nc3N2C)CCC1. The van der Waals surface area contributed by atoms with Gasteiger partial charge in [0.25, 0.3) is 0 Å². The standard InChI is InChI=1S/C22H26F3N7O3/c1-11-15-17(32(2)16(18(33)30-15)21(34-3)5-4-6-21)31-20(28-11)29-12-7-13(8-12)35-14-9-26-19(27-10-14)22(23,24)25/h9-10,12-13,16H,4-8H2,1-3H3,(H,30,33)(H,28,29,31)/t12-,13-,16-/m1/s1. The monoisotopic (exact) mass is 493 g/mol. The zero-order valence-corrected chi connectivity index (χ0v) is 19.5. The fourth-order valence-corrected chi connectivity index (χ4v) is 4.90. The lowest BCUT2D eigenvalue weighted by Crippen LogP contribution is -2.64. The number of carbonyl (C=O) groups is 1. The number of alkyl halides is 3. The molecule has 2 aliphatic carbocycles. The molecule has 35 heavy (non-hydrogen) atoms. The summed E-state index contributed by atoms with van der Waals surface area (Å²) in [5.74, 6) is -0.0737. The van der Waals surface area contributed by atoms with Gasteiger partial charge in [-0.25, -0.2) is 15.0 Å². The van der Waals surface area contributed by atoms with Gasteiger partial charge in [-0.2, -0.15) is 18.2 Å². The smallest absolute Gasteiger partial charge is 0.451 e. The summed E-state index contributed by atoms with van der Waals surface area (Å²) in [6.07, 6.45) is 1.15. The van der Waals surface area contributed by atoms with E-state index in [4.69, 9.17) is 9.47 Å². The number of carbonyl (C=O) groups excluding carboxylic acids is 1. The highest BCUT2D eigenvalue weighted by Gasteiger charge is 2.52. The van der Waals surface area contributed by atoms with Crippen LogP contribution in [0.2, 0.25) is 0 Å². The third-order valence-electron chi connectivity index (χ3n) is 7.01. The second-order valence-corrected chi connectivity index (χ2v) is 9.25. The van der Waals surface area contributed by atoms with Crippen molar-refractivity contribution in [3.05, 3.63) is 23.9 Å². The van der Waals surface area contributed by atoms with Crippen LogP contribution in [0.3, 0.4) is 0 Å². The van der Waals surface area contributed by atoms with E-state index in [1.807, 2.05) is 18.9 Å². The van der Waals surface area contributed by atoms with Gasteiger partial charge in [0.05, 0.1) is 23.7 Å². The van der Waals surface area contributed by atoms with E-state index < -0.39 is 23.6 Å². The van der Waals surface area contributed by atoms with E-state index in [-0.39, 0.29) is 23.8 Å². The normalized spacial score (nSPS) is 25.1. The largest absolute Gasteiger partial charge is 0.487 e. The van der Waals surface area contributed by atoms with Crippen LogP contribution >= 0.6 is 0 Å². The zero-order chi connectivity index (χ0) is 25.0. The number of aromatic nitrogens is 4. The molecule has 10 nitrogen and oxygen atoms in total. The molecule has 2 saturated carbocycles. The molecule has 3 heterocycles. The number of aryl methyl sites for hydroxylation is 1. The summed E-state index contributed by atoms with van der Waals surface area (Å²) < 4.78 is 49.2. The van der Waals surface area contributed by atoms with Gasteiger partial charge in [-0.15, -0.1) is 0 Å². The number of amides is 1. The van der Waals surface area contributed by atoms with Crippen molar-refractivity contribution in [2.75, 3.05) is 29.7 Å². The first kappa shape index (κ1) is 23.5. The Kier molecular flexibility index (Phi) is 5.69. The molecule has 2 aromatic rings. The summed E-state index contributed by atoms with van der Waals surface area (Å²) in [5.41, 5.74) is 0.705. The van der Waals surface area contributed by atoms with Crippen LogP contribution < -0.4 is 20.3 Å². The van der Waals surface area contributed by atoms with Crippen LogP contribution in [-0.4, -0.2) is 63.8 Å². The average Bonchev–Trinajstić information content (AvgIpc) is 2.74. The Hall–Kier alpha value is -3.22. The molecule has 2 aromatic heterocycles. The number of fused-ring (bicyclic) bond motifs is 1. The van der Waals surface area contributed by atoms with Crippen LogP contribution in [0.1, 0.15) is 43.6 Å². The predicted octanol–water partition coefficient (Wildman–Crippen LogP) is 2.94. The Bertz CT molecular complexity index is 1110. The first-order chi connectivity index (χ1) is 16.6. The predicted molar refractivity (Wildman–Crippen MR) is 119 cm³/mol. The molecule has 188 valence electrons. The summed E-state index contributed by atoms with van der Waals surface area (Å²) >= 11 is 0. The van der Waals surface area contributed by atoms with E-state index in [0.29, 0.717) is 36.0 Å². The minimum Gasteiger partial charge on any atom is -0.487 e. The van der Waals surface area contributed by atoms with E-state index in [1.165, 1.54) is 0 Å². The summed E-state index contributed by atoms with van der Waals surface area (Å²) in [4.78, 5) is 30.6. The quantitative estimate of drug-likeness (QED) is 0.627. The van der Waals surface area contributed by atoms with Gasteiger partial charge in [-0.05, 0) is 26.2 Å². The topological polar surface area (TPSA) is 114 Å². The maximum Gasteiger partial charge on any atom is 0.451 e. The molecule has 5 rings (SSSR count). The van der Waals surface area contributed by atoms with Crippen molar-refractivity contribution in [1.29, 1.82) is 0 Å². The number of methoxy groups -OCH3 is 1. The molecule has 0 bridgehead atoms. The molecule has 2 N–H and O–H groups in total. The molecule has 1 amide bonds. The molecule has 13 heteroatoms. The summed E-state index contributed by atoms with van der Waals surface area (Å²) in [7, 11) is 3.48. The van der Waals surface area contributed by atoms with Crippen LogP contribution in [-0.2, 0) is 15.7 Å². The van der Waals surface area contributed by atoms with Crippen LogP contribution in [0.15, 0.2) is 12.4 Å². The molecule has 0 unspecified atom stereocenters. The van der Waals surface area contributed by atoms with Crippen LogP contribution in [0.25, 0.3) is 0 Å². The fraction of sp³-hybridized carbons (Fsp3) is 0.591. The van der Waals surface area contributed by atoms with Gasteiger partial charge < -0.3 is 25.0 Å². The summed E-state index contributed by atoms with van der Waals surface area (Å²) in [6.45, 7) is 1.81. The number of hydrogen-bond donors (Lipinski definition) is 2. The van der Waals surface area contributed by atoms with Crippen LogP contribution in [0.4, 0.5) is 30.6 Å². The third-order valence-corrected chi connectivity index (χ3v) is 7.01. The van der Waals surface area contributed by atoms with Crippen molar-refractivity contribution in [2.45, 2.75) is 69.0 Å². The minimum absolute atomic E-state index is 0.0315. The number of likely N-dealkylation sites (N-methyl/N-ethyl adjacent to an activating group) is 1. The molecule has 3 aliphatic rings. The lowest BCUT2D eigenvalue weighted by molar-refractivity contribution is -0.145. The average molecular weight is 493 g/mol. The van der Waals surface area contributed by atoms with Crippen molar-refractivity contribution in [1.82, 2.24) is 19.9 Å². The van der Waals surface area contributed by atoms with Crippen molar-refractivity contribution < 1.29 is 27.4 Å². The van der Waals surface area contributed by atoms with E-state index >= 15 is 0 Å². The molecule has 0 saturated heterocycles. The van der Waals surface area contributed by atoms with Gasteiger partial charge >= 0.3 is 6.18 Å². The number of nitrogens with zero attached hydrogens (tertiary/aromatic N) is 5. The highest BCUT2D eigenvalue weighted by Crippen LogP contribution is 2.44. The maximum absolute atomic E-state index is 12.9. The molecule has 2 fully saturated rings. The maximum atomic E-state index is 12.9. The summed E-state index contributed by atoms with van der Waals surface area (Å²) in [5, 5.41) is 6.25. The van der Waals surface area contributed by atoms with E-state index in [9.17, 15) is 18.0 Å². The molecule has 0 radical (unpaired) electrons. The van der Waals surface area contributed by atoms with E-state index in [0.717, 1.165) is 31.7 Å². The van der Waals surface area contributed by atoms with Crippen molar-refractivity contribution in [3.63, 3.8) is 0 Å². The van der Waals surface area contributed by atoms with Gasteiger partial charge in [0.2, 0.25) is 17.7 Å². The Morgan fingerprint density at radius 2 is 1.89 bits per heavy atom. The first-order valence-corrected chi connectivity index (χ1v) is 11.4. The van der Waals surface area contributed by atoms with Gasteiger partial charge in [0.15, 0.2) is 11.6 Å². The van der Waals surface area contributed by atoms with Gasteiger partial charge in [-0.3, -0.25) is 4.79 Å². The molecule has 0 aromatic carbocycles. The number of halogens is 3. The number of ether oxygens (including phenoxy) is 2. The number of rotatable bonds is 6. The second kappa shape index (κ2) is 8.47. The lowest BCUT2D eigenvalue weighted by Gasteiger charge is -2.50. The van der Waals surface area contributed by atoms with Crippen LogP contribution in [0.5, 0.6) is 5.75 Å². The molecule has 1 atom stereocenters. The first-order valence-electron chi connectivity index (χ1n) is 11.4. The lowest BCUT2D eigenvalue weighted by atomic mass is 9.73. The summed E-state index contributed by atoms with van der Waals surface area (Å²) in [6, 6.07) is -0.451. The molecular weight excluding hydrogens is 467 g/mol. The highest BCUT2D eigenvalue weighted by atomic mass is 19.4. The number of anilines is 3. The zero-order valence-electron chi connectivity index (χ0n) is 19.5. The van der Waals surface area contributed by atoms with Crippen LogP contribution in [0, 0.1) is 6.92 Å². The van der Waals surface area contributed by atoms with Gasteiger partial charge in [0.1, 0.15) is 17.8 Å². The van der Waals surface area contributed by atoms with E-state index in [2.05, 4.69) is 30.6 Å².